The van der Waals surface area contributed by atoms with Gasteiger partial charge in [0, 0.05) is 17.1 Å². The molecule has 0 saturated heterocycles. The molecular formula is C18H12F4N4O. The first-order chi connectivity index (χ1) is 12.8. The molecular weight excluding hydrogens is 364 g/mol. The molecule has 2 N–H and O–H groups in total. The Kier molecular flexibility index (Phi) is 3.77. The lowest BCUT2D eigenvalue weighted by molar-refractivity contribution is -0.248. The molecule has 5 nitrogen and oxygen atoms in total. The van der Waals surface area contributed by atoms with Crippen LogP contribution < -0.4 is 0 Å². The minimum Gasteiger partial charge on any atom is -0.372 e. The highest BCUT2D eigenvalue weighted by Gasteiger charge is 2.57. The number of H-pyrrole nitrogens is 1. The molecule has 4 rings (SSSR count). The third-order valence-corrected chi connectivity index (χ3v) is 4.38. The van der Waals surface area contributed by atoms with Gasteiger partial charge in [-0.15, -0.1) is 0 Å². The summed E-state index contributed by atoms with van der Waals surface area (Å²) in [7, 11) is 0. The van der Waals surface area contributed by atoms with Gasteiger partial charge in [-0.3, -0.25) is 5.10 Å². The molecule has 0 fully saturated rings. The Morgan fingerprint density at radius 3 is 2.33 bits per heavy atom. The van der Waals surface area contributed by atoms with E-state index in [4.69, 9.17) is 0 Å². The summed E-state index contributed by atoms with van der Waals surface area (Å²) in [6.07, 6.45) is -1.65. The molecule has 2 heterocycles. The molecule has 0 aliphatic rings. The van der Waals surface area contributed by atoms with Crippen LogP contribution in [0.2, 0.25) is 0 Å². The Morgan fingerprint density at radius 1 is 0.963 bits per heavy atom. The van der Waals surface area contributed by atoms with Gasteiger partial charge < -0.3 is 5.11 Å². The molecule has 1 atom stereocenters. The minimum absolute atomic E-state index is 0.359. The van der Waals surface area contributed by atoms with Gasteiger partial charge in [0.2, 0.25) is 5.60 Å². The van der Waals surface area contributed by atoms with E-state index >= 15 is 0 Å². The maximum atomic E-state index is 13.7. The Labute approximate surface area is 149 Å². The predicted molar refractivity (Wildman–Crippen MR) is 88.7 cm³/mol. The third kappa shape index (κ3) is 2.67. The normalized spacial score (nSPS) is 14.4. The Bertz CT molecular complexity index is 1090. The van der Waals surface area contributed by atoms with Crippen LogP contribution in [0.25, 0.3) is 16.6 Å². The Balaban J connectivity index is 1.86. The molecule has 0 aliphatic heterocycles. The molecule has 1 unspecified atom stereocenters. The van der Waals surface area contributed by atoms with E-state index in [0.717, 1.165) is 12.4 Å². The number of aromatic amines is 1. The first-order valence-corrected chi connectivity index (χ1v) is 7.83. The number of fused-ring (bicyclic) bond motifs is 1. The second kappa shape index (κ2) is 5.92. The van der Waals surface area contributed by atoms with Crippen LogP contribution in [0.15, 0.2) is 61.1 Å². The number of rotatable bonds is 3. The van der Waals surface area contributed by atoms with Crippen LogP contribution in [-0.4, -0.2) is 31.3 Å². The number of nitrogens with one attached hydrogen (secondary N) is 1. The predicted octanol–water partition coefficient (Wildman–Crippen LogP) is 3.69. The van der Waals surface area contributed by atoms with Crippen LogP contribution in [0, 0.1) is 5.82 Å². The first-order valence-electron chi connectivity index (χ1n) is 7.83. The zero-order valence-electron chi connectivity index (χ0n) is 13.6. The lowest BCUT2D eigenvalue weighted by Gasteiger charge is -2.30. The smallest absolute Gasteiger partial charge is 0.372 e. The summed E-state index contributed by atoms with van der Waals surface area (Å²) in [5.41, 5.74) is -2.92. The lowest BCUT2D eigenvalue weighted by atomic mass is 9.87. The number of aliphatic hydroxyl groups is 1. The molecule has 0 spiro atoms. The first kappa shape index (κ1) is 17.2. The highest BCUT2D eigenvalue weighted by atomic mass is 19.4. The van der Waals surface area contributed by atoms with Crippen molar-refractivity contribution < 1.29 is 22.7 Å². The molecule has 4 aromatic rings. The topological polar surface area (TPSA) is 66.7 Å². The molecule has 0 radical (unpaired) electrons. The summed E-state index contributed by atoms with van der Waals surface area (Å²) in [5, 5.41) is 20.9. The summed E-state index contributed by atoms with van der Waals surface area (Å²) in [6, 6.07) is 9.38. The Hall–Kier alpha value is -3.20. The van der Waals surface area contributed by atoms with E-state index in [1.807, 2.05) is 0 Å². The van der Waals surface area contributed by atoms with Crippen LogP contribution in [-0.2, 0) is 5.60 Å². The average Bonchev–Trinajstić information content (AvgIpc) is 3.30. The fourth-order valence-corrected chi connectivity index (χ4v) is 2.99. The van der Waals surface area contributed by atoms with Crippen molar-refractivity contribution in [3.8, 4) is 5.69 Å². The maximum Gasteiger partial charge on any atom is 0.425 e. The Morgan fingerprint density at radius 2 is 1.70 bits per heavy atom. The van der Waals surface area contributed by atoms with Crippen molar-refractivity contribution in [2.75, 3.05) is 0 Å². The number of halogens is 4. The van der Waals surface area contributed by atoms with Crippen molar-refractivity contribution in [1.29, 1.82) is 0 Å². The van der Waals surface area contributed by atoms with Gasteiger partial charge in [0.25, 0.3) is 0 Å². The summed E-state index contributed by atoms with van der Waals surface area (Å²) >= 11 is 0. The van der Waals surface area contributed by atoms with Gasteiger partial charge in [0.1, 0.15) is 5.82 Å². The number of hydrogen-bond acceptors (Lipinski definition) is 3. The van der Waals surface area contributed by atoms with E-state index in [1.165, 1.54) is 53.3 Å². The summed E-state index contributed by atoms with van der Waals surface area (Å²) in [4.78, 5) is 0. The van der Waals surface area contributed by atoms with Gasteiger partial charge in [-0.05, 0) is 42.0 Å². The van der Waals surface area contributed by atoms with Crippen molar-refractivity contribution in [2.24, 2.45) is 0 Å². The van der Waals surface area contributed by atoms with Crippen LogP contribution in [0.3, 0.4) is 0 Å². The number of aromatic nitrogens is 4. The van der Waals surface area contributed by atoms with E-state index in [-0.39, 0.29) is 5.56 Å². The summed E-state index contributed by atoms with van der Waals surface area (Å²) in [5.74, 6) is -0.409. The largest absolute Gasteiger partial charge is 0.425 e. The molecule has 0 bridgehead atoms. The van der Waals surface area contributed by atoms with Crippen molar-refractivity contribution in [1.82, 2.24) is 20.0 Å². The zero-order chi connectivity index (χ0) is 19.2. The number of nitrogens with zero attached hydrogens (tertiary/aromatic N) is 3. The van der Waals surface area contributed by atoms with E-state index < -0.39 is 23.2 Å². The number of benzene rings is 2. The van der Waals surface area contributed by atoms with E-state index in [0.29, 0.717) is 16.6 Å². The van der Waals surface area contributed by atoms with Crippen LogP contribution >= 0.6 is 0 Å². The van der Waals surface area contributed by atoms with E-state index in [9.17, 15) is 22.7 Å². The standard InChI is InChI=1S/C18H12F4N4O/c19-14-2-4-15(5-3-14)26-16-6-1-12(7-11(16)8-25-26)17(27,18(20,21)22)13-9-23-24-10-13/h1-10,27H,(H,23,24). The number of alkyl halides is 3. The summed E-state index contributed by atoms with van der Waals surface area (Å²) in [6.45, 7) is 0. The molecule has 0 aliphatic carbocycles. The highest BCUT2D eigenvalue weighted by molar-refractivity contribution is 5.81. The quantitative estimate of drug-likeness (QED) is 0.536. The second-order valence-electron chi connectivity index (χ2n) is 6.00. The van der Waals surface area contributed by atoms with Crippen molar-refractivity contribution >= 4 is 10.9 Å². The lowest BCUT2D eigenvalue weighted by Crippen LogP contribution is -2.43. The average molecular weight is 376 g/mol. The van der Waals surface area contributed by atoms with Crippen LogP contribution in [0.4, 0.5) is 17.6 Å². The fourth-order valence-electron chi connectivity index (χ4n) is 2.99. The van der Waals surface area contributed by atoms with Gasteiger partial charge in [-0.1, -0.05) is 6.07 Å². The monoisotopic (exact) mass is 376 g/mol. The highest BCUT2D eigenvalue weighted by Crippen LogP contribution is 2.44. The van der Waals surface area contributed by atoms with Crippen molar-refractivity contribution in [2.45, 2.75) is 11.8 Å². The van der Waals surface area contributed by atoms with Crippen LogP contribution in [0.1, 0.15) is 11.1 Å². The van der Waals surface area contributed by atoms with Crippen molar-refractivity contribution in [3.05, 3.63) is 78.0 Å². The van der Waals surface area contributed by atoms with Gasteiger partial charge in [-0.2, -0.15) is 23.4 Å². The summed E-state index contributed by atoms with van der Waals surface area (Å²) < 4.78 is 55.7. The molecule has 9 heteroatoms. The SMILES string of the molecule is OC(c1cn[nH]c1)(c1ccc2c(cnn2-c2ccc(F)cc2)c1)C(F)(F)F. The van der Waals surface area contributed by atoms with Gasteiger partial charge in [0.05, 0.1) is 23.6 Å². The molecule has 0 amide bonds. The zero-order valence-corrected chi connectivity index (χ0v) is 13.6. The molecule has 0 saturated carbocycles. The third-order valence-electron chi connectivity index (χ3n) is 4.38. The molecule has 2 aromatic heterocycles. The molecule has 27 heavy (non-hydrogen) atoms. The number of hydrogen-bond donors (Lipinski definition) is 2. The maximum absolute atomic E-state index is 13.7. The second-order valence-corrected chi connectivity index (χ2v) is 6.00. The van der Waals surface area contributed by atoms with Crippen molar-refractivity contribution in [3.63, 3.8) is 0 Å². The van der Waals surface area contributed by atoms with Gasteiger partial charge in [0.15, 0.2) is 0 Å². The van der Waals surface area contributed by atoms with Gasteiger partial charge >= 0.3 is 6.18 Å². The van der Waals surface area contributed by atoms with Gasteiger partial charge in [-0.25, -0.2) is 9.07 Å². The molecule has 138 valence electrons. The fraction of sp³-hybridized carbons (Fsp3) is 0.111. The van der Waals surface area contributed by atoms with E-state index in [2.05, 4.69) is 15.3 Å². The minimum atomic E-state index is -4.96. The van der Waals surface area contributed by atoms with E-state index in [1.54, 1.807) is 0 Å². The van der Waals surface area contributed by atoms with Crippen LogP contribution in [0.5, 0.6) is 0 Å². The molecule has 2 aromatic carbocycles.